The molecule has 4 amide bonds. The second-order valence-electron chi connectivity index (χ2n) is 7.04. The predicted molar refractivity (Wildman–Crippen MR) is 123 cm³/mol. The molecule has 0 spiro atoms. The Morgan fingerprint density at radius 1 is 1.20 bits per heavy atom. The number of hydrogen-bond acceptors (Lipinski definition) is 7. The van der Waals surface area contributed by atoms with Crippen LogP contribution in [0.3, 0.4) is 0 Å². The molecule has 184 valence electrons. The first-order valence-electron chi connectivity index (χ1n) is 10.3. The van der Waals surface area contributed by atoms with Crippen molar-refractivity contribution < 1.29 is 37.8 Å². The number of halogens is 2. The first-order valence-corrected chi connectivity index (χ1v) is 10.7. The molecule has 10 nitrogen and oxygen atoms in total. The third-order valence-corrected chi connectivity index (χ3v) is 4.90. The van der Waals surface area contributed by atoms with E-state index in [2.05, 4.69) is 15.4 Å². The number of hydrogen-bond donors (Lipinski definition) is 2. The standard InChI is InChI=1S/C23H21ClFN3O7/c1-3-34-18-10-13(8-14(24)21(18)35-12-20(30)33-2)9-17-22(31)28(23(32)27-17)11-19(29)26-16-7-5-4-6-15(16)25/h4-10H,3,11-12H2,1-2H3,(H,26,29)(H,27,32)/b17-9+. The van der Waals surface area contributed by atoms with Crippen LogP contribution in [0.5, 0.6) is 11.5 Å². The van der Waals surface area contributed by atoms with E-state index >= 15 is 0 Å². The molecule has 12 heteroatoms. The second-order valence-corrected chi connectivity index (χ2v) is 7.44. The monoisotopic (exact) mass is 505 g/mol. The van der Waals surface area contributed by atoms with Crippen molar-refractivity contribution >= 4 is 47.2 Å². The van der Waals surface area contributed by atoms with Crippen LogP contribution in [-0.2, 0) is 19.1 Å². The molecule has 1 saturated heterocycles. The summed E-state index contributed by atoms with van der Waals surface area (Å²) in [6, 6.07) is 7.62. The van der Waals surface area contributed by atoms with Crippen LogP contribution < -0.4 is 20.1 Å². The number of methoxy groups -OCH3 is 1. The number of urea groups is 1. The highest BCUT2D eigenvalue weighted by molar-refractivity contribution is 6.32. The lowest BCUT2D eigenvalue weighted by molar-refractivity contribution is -0.143. The summed E-state index contributed by atoms with van der Waals surface area (Å²) in [5.41, 5.74) is 0.188. The van der Waals surface area contributed by atoms with E-state index in [1.807, 2.05) is 0 Å². The summed E-state index contributed by atoms with van der Waals surface area (Å²) >= 11 is 6.28. The van der Waals surface area contributed by atoms with Gasteiger partial charge in [-0.3, -0.25) is 9.59 Å². The second kappa shape index (κ2) is 11.3. The van der Waals surface area contributed by atoms with E-state index in [-0.39, 0.29) is 34.5 Å². The number of nitrogens with one attached hydrogen (secondary N) is 2. The lowest BCUT2D eigenvalue weighted by Gasteiger charge is -2.14. The zero-order chi connectivity index (χ0) is 25.5. The minimum Gasteiger partial charge on any atom is -0.490 e. The van der Waals surface area contributed by atoms with Gasteiger partial charge in [-0.15, -0.1) is 0 Å². The zero-order valence-electron chi connectivity index (χ0n) is 18.7. The molecule has 0 atom stereocenters. The number of ether oxygens (including phenoxy) is 3. The lowest BCUT2D eigenvalue weighted by Crippen LogP contribution is -2.38. The van der Waals surface area contributed by atoms with E-state index in [9.17, 15) is 23.6 Å². The van der Waals surface area contributed by atoms with E-state index < -0.39 is 42.8 Å². The molecule has 3 rings (SSSR count). The molecule has 0 aromatic heterocycles. The molecule has 1 fully saturated rings. The zero-order valence-corrected chi connectivity index (χ0v) is 19.5. The van der Waals surface area contributed by atoms with Crippen LogP contribution in [0, 0.1) is 5.82 Å². The van der Waals surface area contributed by atoms with Gasteiger partial charge in [0.2, 0.25) is 5.91 Å². The maximum atomic E-state index is 13.7. The van der Waals surface area contributed by atoms with Gasteiger partial charge in [0.25, 0.3) is 5.91 Å². The number of carbonyl (C=O) groups is 4. The topological polar surface area (TPSA) is 123 Å². The predicted octanol–water partition coefficient (Wildman–Crippen LogP) is 2.96. The van der Waals surface area contributed by atoms with Gasteiger partial charge in [-0.1, -0.05) is 23.7 Å². The largest absolute Gasteiger partial charge is 0.490 e. The van der Waals surface area contributed by atoms with Gasteiger partial charge in [0, 0.05) is 0 Å². The van der Waals surface area contributed by atoms with Crippen LogP contribution in [0.15, 0.2) is 42.1 Å². The number of nitrogens with zero attached hydrogens (tertiary/aromatic N) is 1. The number of anilines is 1. The molecule has 0 aliphatic carbocycles. The average molecular weight is 506 g/mol. The number of amides is 4. The molecule has 2 aromatic carbocycles. The van der Waals surface area contributed by atoms with E-state index in [0.29, 0.717) is 10.5 Å². The van der Waals surface area contributed by atoms with E-state index in [1.54, 1.807) is 6.92 Å². The van der Waals surface area contributed by atoms with Crippen LogP contribution in [0.1, 0.15) is 12.5 Å². The van der Waals surface area contributed by atoms with Gasteiger partial charge < -0.3 is 24.8 Å². The molecule has 0 radical (unpaired) electrons. The first kappa shape index (κ1) is 25.5. The number of esters is 1. The van der Waals surface area contributed by atoms with Gasteiger partial charge in [-0.25, -0.2) is 18.9 Å². The first-order chi connectivity index (χ1) is 16.7. The van der Waals surface area contributed by atoms with Gasteiger partial charge in [-0.2, -0.15) is 0 Å². The fraction of sp³-hybridized carbons (Fsp3) is 0.217. The van der Waals surface area contributed by atoms with Crippen molar-refractivity contribution in [2.75, 3.05) is 32.2 Å². The van der Waals surface area contributed by atoms with E-state index in [0.717, 1.165) is 6.07 Å². The normalized spacial score (nSPS) is 14.1. The molecule has 1 heterocycles. The maximum absolute atomic E-state index is 13.7. The molecule has 0 bridgehead atoms. The van der Waals surface area contributed by atoms with E-state index in [1.165, 1.54) is 43.5 Å². The highest BCUT2D eigenvalue weighted by Gasteiger charge is 2.35. The summed E-state index contributed by atoms with van der Waals surface area (Å²) in [5, 5.41) is 4.79. The third-order valence-electron chi connectivity index (χ3n) is 4.62. The Balaban J connectivity index is 1.77. The summed E-state index contributed by atoms with van der Waals surface area (Å²) in [5.74, 6) is -2.48. The van der Waals surface area contributed by atoms with Crippen molar-refractivity contribution in [3.63, 3.8) is 0 Å². The fourth-order valence-corrected chi connectivity index (χ4v) is 3.32. The Hall–Kier alpha value is -4.12. The van der Waals surface area contributed by atoms with Crippen LogP contribution in [0.2, 0.25) is 5.02 Å². The van der Waals surface area contributed by atoms with Crippen LogP contribution >= 0.6 is 11.6 Å². The number of imide groups is 1. The number of rotatable bonds is 9. The van der Waals surface area contributed by atoms with Crippen LogP contribution in [0.4, 0.5) is 14.9 Å². The SMILES string of the molecule is CCOc1cc(/C=C2/NC(=O)N(CC(=O)Nc3ccccc3F)C2=O)cc(Cl)c1OCC(=O)OC. The number of carbonyl (C=O) groups excluding carboxylic acids is 4. The Morgan fingerprint density at radius 3 is 2.63 bits per heavy atom. The van der Waals surface area contributed by atoms with Gasteiger partial charge in [0.05, 0.1) is 24.4 Å². The van der Waals surface area contributed by atoms with Gasteiger partial charge in [0.15, 0.2) is 18.1 Å². The van der Waals surface area contributed by atoms with Gasteiger partial charge in [0.1, 0.15) is 18.1 Å². The molecule has 1 aliphatic heterocycles. The van der Waals surface area contributed by atoms with Gasteiger partial charge >= 0.3 is 12.0 Å². The summed E-state index contributed by atoms with van der Waals surface area (Å²) in [7, 11) is 1.21. The van der Waals surface area contributed by atoms with Crippen molar-refractivity contribution in [3.8, 4) is 11.5 Å². The molecule has 35 heavy (non-hydrogen) atoms. The van der Waals surface area contributed by atoms with Crippen LogP contribution in [0.25, 0.3) is 6.08 Å². The molecule has 1 aliphatic rings. The fourth-order valence-electron chi connectivity index (χ4n) is 3.04. The Kier molecular flexibility index (Phi) is 8.26. The quantitative estimate of drug-likeness (QED) is 0.305. The maximum Gasteiger partial charge on any atom is 0.343 e. The molecular formula is C23H21ClFN3O7. The minimum atomic E-state index is -0.820. The van der Waals surface area contributed by atoms with Crippen molar-refractivity contribution in [2.45, 2.75) is 6.92 Å². The van der Waals surface area contributed by atoms with Gasteiger partial charge in [-0.05, 0) is 42.8 Å². The summed E-state index contributed by atoms with van der Waals surface area (Å²) in [4.78, 5) is 49.3. The Bertz CT molecular complexity index is 1200. The molecule has 2 N–H and O–H groups in total. The minimum absolute atomic E-state index is 0.0760. The molecule has 0 saturated carbocycles. The van der Waals surface area contributed by atoms with Crippen LogP contribution in [-0.4, -0.2) is 55.6 Å². The highest BCUT2D eigenvalue weighted by Crippen LogP contribution is 2.37. The Morgan fingerprint density at radius 2 is 1.94 bits per heavy atom. The molecule has 2 aromatic rings. The van der Waals surface area contributed by atoms with E-state index in [4.69, 9.17) is 21.1 Å². The summed E-state index contributed by atoms with van der Waals surface area (Å²) < 4.78 is 29.2. The Labute approximate surface area is 204 Å². The molecular weight excluding hydrogens is 485 g/mol. The average Bonchev–Trinajstić information content (AvgIpc) is 3.07. The summed E-state index contributed by atoms with van der Waals surface area (Å²) in [6.07, 6.45) is 1.34. The lowest BCUT2D eigenvalue weighted by atomic mass is 10.1. The molecule has 0 unspecified atom stereocenters. The third kappa shape index (κ3) is 6.27. The summed E-state index contributed by atoms with van der Waals surface area (Å²) in [6.45, 7) is 0.969. The number of benzene rings is 2. The van der Waals surface area contributed by atoms with Crippen molar-refractivity contribution in [3.05, 3.63) is 58.5 Å². The highest BCUT2D eigenvalue weighted by atomic mass is 35.5. The smallest absolute Gasteiger partial charge is 0.343 e. The van der Waals surface area contributed by atoms with Crippen molar-refractivity contribution in [1.82, 2.24) is 10.2 Å². The van der Waals surface area contributed by atoms with Crippen molar-refractivity contribution in [1.29, 1.82) is 0 Å². The van der Waals surface area contributed by atoms with Crippen molar-refractivity contribution in [2.24, 2.45) is 0 Å². The number of para-hydroxylation sites is 1.